The molecule has 0 bridgehead atoms. The van der Waals surface area contributed by atoms with Crippen molar-refractivity contribution in [3.05, 3.63) is 29.3 Å². The lowest BCUT2D eigenvalue weighted by Gasteiger charge is -2.04. The van der Waals surface area contributed by atoms with Crippen LogP contribution in [0.3, 0.4) is 0 Å². The number of halogens is 1. The van der Waals surface area contributed by atoms with E-state index >= 15 is 0 Å². The highest BCUT2D eigenvalue weighted by Gasteiger charge is 2.13. The number of nitrogens with two attached hydrogens (primary N) is 2. The maximum Gasteiger partial charge on any atom is 0.157 e. The molecule has 4 N–H and O–H groups in total. The van der Waals surface area contributed by atoms with Gasteiger partial charge in [0, 0.05) is 6.20 Å². The van der Waals surface area contributed by atoms with Crippen LogP contribution >= 0.6 is 11.6 Å². The Morgan fingerprint density at radius 1 is 1.57 bits per heavy atom. The topological polar surface area (TPSA) is 69.3 Å². The number of fused-ring (bicyclic) bond motifs is 1. The third-order valence-corrected chi connectivity index (χ3v) is 2.35. The molecule has 0 aliphatic carbocycles. The van der Waals surface area contributed by atoms with E-state index in [0.717, 1.165) is 11.3 Å². The quantitative estimate of drug-likeness (QED) is 0.751. The first-order chi connectivity index (χ1) is 6.61. The van der Waals surface area contributed by atoms with E-state index in [2.05, 4.69) is 4.98 Å². The van der Waals surface area contributed by atoms with E-state index in [1.165, 1.54) is 0 Å². The summed E-state index contributed by atoms with van der Waals surface area (Å²) in [4.78, 5) is 4.17. The van der Waals surface area contributed by atoms with Crippen LogP contribution in [0.1, 0.15) is 18.8 Å². The molecule has 0 aliphatic heterocycles. The molecule has 0 aliphatic rings. The number of nitrogen functional groups attached to an aromatic ring is 1. The van der Waals surface area contributed by atoms with Crippen molar-refractivity contribution in [2.45, 2.75) is 13.0 Å². The molecule has 0 radical (unpaired) electrons. The van der Waals surface area contributed by atoms with Gasteiger partial charge in [0.2, 0.25) is 0 Å². The van der Waals surface area contributed by atoms with E-state index < -0.39 is 0 Å². The van der Waals surface area contributed by atoms with Crippen molar-refractivity contribution in [1.82, 2.24) is 9.38 Å². The van der Waals surface area contributed by atoms with Gasteiger partial charge in [0.15, 0.2) is 5.15 Å². The second kappa shape index (κ2) is 3.15. The molecule has 0 saturated carbocycles. The van der Waals surface area contributed by atoms with Gasteiger partial charge in [-0.2, -0.15) is 0 Å². The van der Waals surface area contributed by atoms with E-state index in [0.29, 0.717) is 10.8 Å². The molecule has 2 heterocycles. The minimum absolute atomic E-state index is 0.170. The average Bonchev–Trinajstić information content (AvgIpc) is 2.45. The first kappa shape index (κ1) is 9.30. The zero-order valence-electron chi connectivity index (χ0n) is 7.74. The molecule has 2 aromatic heterocycles. The normalized spacial score (nSPS) is 13.4. The Morgan fingerprint density at radius 3 is 2.93 bits per heavy atom. The van der Waals surface area contributed by atoms with Crippen LogP contribution in [-0.4, -0.2) is 9.38 Å². The molecule has 2 rings (SSSR count). The van der Waals surface area contributed by atoms with Gasteiger partial charge in [0.05, 0.1) is 11.7 Å². The largest absolute Gasteiger partial charge is 0.397 e. The predicted molar refractivity (Wildman–Crippen MR) is 57.2 cm³/mol. The molecule has 1 atom stereocenters. The van der Waals surface area contributed by atoms with Crippen LogP contribution in [0.5, 0.6) is 0 Å². The lowest BCUT2D eigenvalue weighted by atomic mass is 10.3. The average molecular weight is 211 g/mol. The van der Waals surface area contributed by atoms with Crippen LogP contribution in [0.15, 0.2) is 18.3 Å². The smallest absolute Gasteiger partial charge is 0.157 e. The molecule has 0 amide bonds. The summed E-state index contributed by atoms with van der Waals surface area (Å²) in [5, 5.41) is 0.399. The first-order valence-electron chi connectivity index (χ1n) is 4.28. The zero-order valence-corrected chi connectivity index (χ0v) is 8.49. The molecule has 0 spiro atoms. The fraction of sp³-hybridized carbons (Fsp3) is 0.222. The second-order valence-electron chi connectivity index (χ2n) is 3.23. The maximum absolute atomic E-state index is 5.96. The number of hydrogen-bond donors (Lipinski definition) is 2. The fourth-order valence-electron chi connectivity index (χ4n) is 1.46. The summed E-state index contributed by atoms with van der Waals surface area (Å²) in [6.45, 7) is 1.86. The van der Waals surface area contributed by atoms with Crippen molar-refractivity contribution in [1.29, 1.82) is 0 Å². The molecule has 74 valence electrons. The predicted octanol–water partition coefficient (Wildman–Crippen LogP) is 1.59. The summed E-state index contributed by atoms with van der Waals surface area (Å²) in [7, 11) is 0. The second-order valence-corrected chi connectivity index (χ2v) is 3.59. The van der Waals surface area contributed by atoms with Gasteiger partial charge in [-0.1, -0.05) is 11.6 Å². The van der Waals surface area contributed by atoms with Crippen molar-refractivity contribution in [2.24, 2.45) is 5.73 Å². The summed E-state index contributed by atoms with van der Waals surface area (Å²) >= 11 is 5.96. The van der Waals surface area contributed by atoms with Crippen molar-refractivity contribution in [3.63, 3.8) is 0 Å². The van der Waals surface area contributed by atoms with Gasteiger partial charge in [-0.3, -0.25) is 4.40 Å². The van der Waals surface area contributed by atoms with E-state index in [-0.39, 0.29) is 6.04 Å². The van der Waals surface area contributed by atoms with Crippen molar-refractivity contribution < 1.29 is 0 Å². The molecule has 14 heavy (non-hydrogen) atoms. The lowest BCUT2D eigenvalue weighted by Crippen LogP contribution is -2.09. The lowest BCUT2D eigenvalue weighted by molar-refractivity contribution is 0.736. The van der Waals surface area contributed by atoms with Crippen LogP contribution in [0.4, 0.5) is 5.69 Å². The Morgan fingerprint density at radius 2 is 2.29 bits per heavy atom. The highest BCUT2D eigenvalue weighted by molar-refractivity contribution is 6.33. The molecule has 0 aromatic carbocycles. The van der Waals surface area contributed by atoms with Gasteiger partial charge in [-0.05, 0) is 19.1 Å². The monoisotopic (exact) mass is 210 g/mol. The number of hydrogen-bond acceptors (Lipinski definition) is 3. The zero-order chi connectivity index (χ0) is 10.3. The standard InChI is InChI=1S/C9H11ClN4/c1-5(11)9-13-8(10)7-6(12)3-2-4-14(7)9/h2-5H,11-12H2,1H3. The van der Waals surface area contributed by atoms with Gasteiger partial charge in [-0.15, -0.1) is 0 Å². The van der Waals surface area contributed by atoms with Crippen LogP contribution in [-0.2, 0) is 0 Å². The van der Waals surface area contributed by atoms with Gasteiger partial charge in [-0.25, -0.2) is 4.98 Å². The van der Waals surface area contributed by atoms with E-state index in [9.17, 15) is 0 Å². The number of pyridine rings is 1. The minimum Gasteiger partial charge on any atom is -0.397 e. The van der Waals surface area contributed by atoms with Crippen molar-refractivity contribution >= 4 is 22.8 Å². The minimum atomic E-state index is -0.170. The summed E-state index contributed by atoms with van der Waals surface area (Å²) < 4.78 is 1.82. The molecular formula is C9H11ClN4. The number of imidazole rings is 1. The Labute approximate surface area is 86.5 Å². The summed E-state index contributed by atoms with van der Waals surface area (Å²) in [5.74, 6) is 0.720. The van der Waals surface area contributed by atoms with Crippen LogP contribution in [0.2, 0.25) is 5.15 Å². The van der Waals surface area contributed by atoms with E-state index in [4.69, 9.17) is 23.1 Å². The van der Waals surface area contributed by atoms with E-state index in [1.54, 1.807) is 6.07 Å². The Hall–Kier alpha value is -1.26. The molecule has 0 saturated heterocycles. The molecular weight excluding hydrogens is 200 g/mol. The van der Waals surface area contributed by atoms with Crippen LogP contribution < -0.4 is 11.5 Å². The number of nitrogens with zero attached hydrogens (tertiary/aromatic N) is 2. The SMILES string of the molecule is CC(N)c1nc(Cl)c2c(N)cccn12. The first-order valence-corrected chi connectivity index (χ1v) is 4.66. The van der Waals surface area contributed by atoms with Crippen molar-refractivity contribution in [2.75, 3.05) is 5.73 Å². The summed E-state index contributed by atoms with van der Waals surface area (Å²) in [6.07, 6.45) is 1.85. The van der Waals surface area contributed by atoms with E-state index in [1.807, 2.05) is 23.6 Å². The molecule has 0 fully saturated rings. The highest BCUT2D eigenvalue weighted by Crippen LogP contribution is 2.25. The summed E-state index contributed by atoms with van der Waals surface area (Å²) in [5.41, 5.74) is 12.9. The van der Waals surface area contributed by atoms with Crippen molar-refractivity contribution in [3.8, 4) is 0 Å². The Kier molecular flexibility index (Phi) is 2.09. The highest BCUT2D eigenvalue weighted by atomic mass is 35.5. The Bertz CT molecular complexity index is 475. The molecule has 2 aromatic rings. The van der Waals surface area contributed by atoms with Gasteiger partial charge >= 0.3 is 0 Å². The number of anilines is 1. The van der Waals surface area contributed by atoms with Gasteiger partial charge in [0.1, 0.15) is 11.3 Å². The maximum atomic E-state index is 5.96. The van der Waals surface area contributed by atoms with Crippen LogP contribution in [0, 0.1) is 0 Å². The molecule has 1 unspecified atom stereocenters. The molecule has 4 nitrogen and oxygen atoms in total. The molecule has 5 heteroatoms. The Balaban J connectivity index is 2.84. The third-order valence-electron chi connectivity index (χ3n) is 2.09. The van der Waals surface area contributed by atoms with Gasteiger partial charge < -0.3 is 11.5 Å². The summed E-state index contributed by atoms with van der Waals surface area (Å²) in [6, 6.07) is 3.46. The van der Waals surface area contributed by atoms with Gasteiger partial charge in [0.25, 0.3) is 0 Å². The number of rotatable bonds is 1. The number of aromatic nitrogens is 2. The third kappa shape index (κ3) is 1.23. The fourth-order valence-corrected chi connectivity index (χ4v) is 1.75. The van der Waals surface area contributed by atoms with Crippen LogP contribution in [0.25, 0.3) is 5.52 Å².